The fraction of sp³-hybridized carbons (Fsp3) is 0.833. The van der Waals surface area contributed by atoms with Crippen LogP contribution in [0.15, 0.2) is 11.6 Å². The average Bonchev–Trinajstić information content (AvgIpc) is 3.39. The number of esters is 2. The standard InChI is InChI=1S/C24H31NO5/c1-21-9-18(28)30-19(21)24-11-22(13-26)15(10-25(24)12-21)6-5-14-3-2-4-16(14)23(22)8-7-17(27)29-20(23)24/h4,14-15,19-20,26H,2-3,5-13H2,1H3/t14-,15-,19+,20+,21+,22-,23+,24-/m1/s1. The molecule has 0 aromatic heterocycles. The van der Waals surface area contributed by atoms with Gasteiger partial charge in [0.2, 0.25) is 0 Å². The predicted molar refractivity (Wildman–Crippen MR) is 106 cm³/mol. The minimum atomic E-state index is -0.498. The Morgan fingerprint density at radius 3 is 2.83 bits per heavy atom. The lowest BCUT2D eigenvalue weighted by Gasteiger charge is -2.53. The monoisotopic (exact) mass is 413 g/mol. The average molecular weight is 414 g/mol. The number of hydrogen-bond donors (Lipinski definition) is 1. The zero-order valence-corrected chi connectivity index (χ0v) is 17.7. The smallest absolute Gasteiger partial charge is 0.306 e. The van der Waals surface area contributed by atoms with Gasteiger partial charge in [-0.05, 0) is 50.4 Å². The lowest BCUT2D eigenvalue weighted by molar-refractivity contribution is -0.181. The van der Waals surface area contributed by atoms with Gasteiger partial charge in [-0.2, -0.15) is 0 Å². The third-order valence-corrected chi connectivity index (χ3v) is 10.6. The van der Waals surface area contributed by atoms with Crippen molar-refractivity contribution in [2.45, 2.75) is 76.0 Å². The number of ether oxygens (including phenoxy) is 2. The van der Waals surface area contributed by atoms with Crippen molar-refractivity contribution in [2.75, 3.05) is 19.7 Å². The van der Waals surface area contributed by atoms with E-state index in [4.69, 9.17) is 9.47 Å². The molecule has 4 heterocycles. The number of aliphatic hydroxyl groups is 1. The summed E-state index contributed by atoms with van der Waals surface area (Å²) in [6, 6.07) is 0. The van der Waals surface area contributed by atoms with E-state index in [1.54, 1.807) is 0 Å². The molecule has 0 radical (unpaired) electrons. The molecule has 0 aromatic carbocycles. The van der Waals surface area contributed by atoms with E-state index >= 15 is 0 Å². The van der Waals surface area contributed by atoms with Gasteiger partial charge in [-0.1, -0.05) is 18.6 Å². The number of aliphatic hydroxyl groups excluding tert-OH is 1. The molecule has 6 heteroatoms. The van der Waals surface area contributed by atoms with E-state index in [1.165, 1.54) is 18.4 Å². The summed E-state index contributed by atoms with van der Waals surface area (Å²) in [7, 11) is 0. The molecule has 6 nitrogen and oxygen atoms in total. The van der Waals surface area contributed by atoms with Crippen LogP contribution in [0.25, 0.3) is 0 Å². The lowest BCUT2D eigenvalue weighted by atomic mass is 9.53. The van der Waals surface area contributed by atoms with Gasteiger partial charge in [0.15, 0.2) is 0 Å². The first-order valence-electron chi connectivity index (χ1n) is 11.9. The molecule has 7 aliphatic rings. The molecule has 6 fully saturated rings. The van der Waals surface area contributed by atoms with E-state index in [1.807, 2.05) is 0 Å². The van der Waals surface area contributed by atoms with Gasteiger partial charge in [-0.15, -0.1) is 0 Å². The summed E-state index contributed by atoms with van der Waals surface area (Å²) in [6.07, 6.45) is 8.80. The minimum absolute atomic E-state index is 0.127. The molecule has 1 N–H and O–H groups in total. The summed E-state index contributed by atoms with van der Waals surface area (Å²) in [4.78, 5) is 27.7. The van der Waals surface area contributed by atoms with Crippen molar-refractivity contribution in [3.05, 3.63) is 11.6 Å². The Morgan fingerprint density at radius 1 is 1.17 bits per heavy atom. The van der Waals surface area contributed by atoms with Gasteiger partial charge in [0.05, 0.1) is 18.6 Å². The normalized spacial score (nSPS) is 55.7. The molecule has 2 saturated carbocycles. The van der Waals surface area contributed by atoms with Crippen molar-refractivity contribution in [3.63, 3.8) is 0 Å². The molecule has 30 heavy (non-hydrogen) atoms. The summed E-state index contributed by atoms with van der Waals surface area (Å²) >= 11 is 0. The molecule has 0 aromatic rings. The second kappa shape index (κ2) is 5.32. The Kier molecular flexibility index (Phi) is 3.23. The summed E-state index contributed by atoms with van der Waals surface area (Å²) in [6.45, 7) is 4.03. The molecule has 2 spiro atoms. The fourth-order valence-corrected chi connectivity index (χ4v) is 9.83. The molecular weight excluding hydrogens is 382 g/mol. The molecule has 4 saturated heterocycles. The molecule has 0 unspecified atom stereocenters. The van der Waals surface area contributed by atoms with Crippen LogP contribution in [0.2, 0.25) is 0 Å². The molecule has 2 bridgehead atoms. The van der Waals surface area contributed by atoms with Crippen LogP contribution in [0.3, 0.4) is 0 Å². The Hall–Kier alpha value is -1.40. The van der Waals surface area contributed by atoms with E-state index in [-0.39, 0.29) is 47.0 Å². The number of piperidine rings is 1. The highest BCUT2D eigenvalue weighted by molar-refractivity contribution is 5.75. The summed E-state index contributed by atoms with van der Waals surface area (Å²) < 4.78 is 12.4. The maximum atomic E-state index is 12.7. The van der Waals surface area contributed by atoms with E-state index in [0.29, 0.717) is 24.7 Å². The van der Waals surface area contributed by atoms with Gasteiger partial charge in [0, 0.05) is 35.8 Å². The maximum absolute atomic E-state index is 12.7. The topological polar surface area (TPSA) is 76.1 Å². The van der Waals surface area contributed by atoms with Crippen molar-refractivity contribution >= 4 is 11.9 Å². The maximum Gasteiger partial charge on any atom is 0.306 e. The second-order valence-electron chi connectivity index (χ2n) is 11.6. The van der Waals surface area contributed by atoms with Crippen LogP contribution in [-0.2, 0) is 19.1 Å². The Bertz CT molecular complexity index is 900. The quantitative estimate of drug-likeness (QED) is 0.525. The Labute approximate surface area is 177 Å². The van der Waals surface area contributed by atoms with Gasteiger partial charge < -0.3 is 14.6 Å². The highest BCUT2D eigenvalue weighted by Gasteiger charge is 2.85. The van der Waals surface area contributed by atoms with Crippen molar-refractivity contribution in [1.29, 1.82) is 0 Å². The first kappa shape index (κ1) is 18.2. The van der Waals surface area contributed by atoms with Crippen LogP contribution in [-0.4, -0.2) is 59.4 Å². The van der Waals surface area contributed by atoms with Crippen LogP contribution < -0.4 is 0 Å². The predicted octanol–water partition coefficient (Wildman–Crippen LogP) is 2.20. The van der Waals surface area contributed by atoms with Crippen molar-refractivity contribution in [2.24, 2.45) is 28.1 Å². The van der Waals surface area contributed by atoms with Crippen LogP contribution >= 0.6 is 0 Å². The molecule has 4 aliphatic heterocycles. The zero-order chi connectivity index (χ0) is 20.5. The highest BCUT2D eigenvalue weighted by Crippen LogP contribution is 2.77. The number of allylic oxidation sites excluding steroid dienone is 1. The van der Waals surface area contributed by atoms with E-state index < -0.39 is 5.54 Å². The Balaban J connectivity index is 1.52. The second-order valence-corrected chi connectivity index (χ2v) is 11.6. The highest BCUT2D eigenvalue weighted by atomic mass is 16.6. The molecular formula is C24H31NO5. The molecule has 7 rings (SSSR count). The molecule has 162 valence electrons. The van der Waals surface area contributed by atoms with Crippen molar-refractivity contribution in [3.8, 4) is 0 Å². The summed E-state index contributed by atoms with van der Waals surface area (Å²) in [5.41, 5.74) is 0.118. The third kappa shape index (κ3) is 1.69. The number of carbonyl (C=O) groups is 2. The van der Waals surface area contributed by atoms with Crippen molar-refractivity contribution < 1.29 is 24.2 Å². The Morgan fingerprint density at radius 2 is 2.00 bits per heavy atom. The van der Waals surface area contributed by atoms with Gasteiger partial charge in [0.25, 0.3) is 0 Å². The number of carbonyl (C=O) groups excluding carboxylic acids is 2. The third-order valence-electron chi connectivity index (χ3n) is 10.6. The summed E-state index contributed by atoms with van der Waals surface area (Å²) in [5, 5.41) is 11.1. The first-order chi connectivity index (χ1) is 14.4. The van der Waals surface area contributed by atoms with Crippen LogP contribution in [0.5, 0.6) is 0 Å². The van der Waals surface area contributed by atoms with E-state index in [2.05, 4.69) is 17.9 Å². The molecule has 3 aliphatic carbocycles. The number of nitrogens with zero attached hydrogens (tertiary/aromatic N) is 1. The van der Waals surface area contributed by atoms with Crippen LogP contribution in [0, 0.1) is 28.1 Å². The largest absolute Gasteiger partial charge is 0.460 e. The van der Waals surface area contributed by atoms with E-state index in [0.717, 1.165) is 38.8 Å². The van der Waals surface area contributed by atoms with Gasteiger partial charge in [-0.25, -0.2) is 0 Å². The molecule has 0 amide bonds. The first-order valence-corrected chi connectivity index (χ1v) is 11.9. The summed E-state index contributed by atoms with van der Waals surface area (Å²) in [5.74, 6) is 0.676. The zero-order valence-electron chi connectivity index (χ0n) is 17.7. The lowest BCUT2D eigenvalue weighted by Crippen LogP contribution is -2.63. The van der Waals surface area contributed by atoms with Gasteiger partial charge >= 0.3 is 11.9 Å². The molecule has 8 atom stereocenters. The number of rotatable bonds is 1. The number of fused-ring (bicyclic) bond motifs is 2. The fourth-order valence-electron chi connectivity index (χ4n) is 9.83. The van der Waals surface area contributed by atoms with Gasteiger partial charge in [0.1, 0.15) is 12.2 Å². The van der Waals surface area contributed by atoms with Gasteiger partial charge in [-0.3, -0.25) is 14.5 Å². The van der Waals surface area contributed by atoms with Crippen molar-refractivity contribution in [1.82, 2.24) is 4.90 Å². The SMILES string of the molecule is C[C@@]12CC(=O)O[C@@H]1[C@]13C[C@@]4(CO)[C@H](CC[C@H]5CCC=C5[C@]45CCC(=O)O[C@H]15)CN3C2. The minimum Gasteiger partial charge on any atom is -0.460 e. The van der Waals surface area contributed by atoms with Crippen LogP contribution in [0.1, 0.15) is 58.3 Å². The number of hydrogen-bond acceptors (Lipinski definition) is 6. The van der Waals surface area contributed by atoms with E-state index in [9.17, 15) is 14.7 Å². The van der Waals surface area contributed by atoms with Crippen LogP contribution in [0.4, 0.5) is 0 Å².